The number of para-hydroxylation sites is 1. The van der Waals surface area contributed by atoms with E-state index < -0.39 is 5.91 Å². The summed E-state index contributed by atoms with van der Waals surface area (Å²) in [5.74, 6) is -0.590. The van der Waals surface area contributed by atoms with E-state index in [1.807, 2.05) is 30.5 Å². The molecule has 0 saturated heterocycles. The van der Waals surface area contributed by atoms with Crippen molar-refractivity contribution in [1.29, 1.82) is 0 Å². The summed E-state index contributed by atoms with van der Waals surface area (Å²) < 4.78 is 4.93. The molecule has 2 aromatic heterocycles. The van der Waals surface area contributed by atoms with Crippen LogP contribution in [0.3, 0.4) is 0 Å². The van der Waals surface area contributed by atoms with Crippen LogP contribution in [0.2, 0.25) is 0 Å². The lowest BCUT2D eigenvalue weighted by molar-refractivity contribution is -0.121. The number of carbonyl (C=O) groups is 2. The van der Waals surface area contributed by atoms with Gasteiger partial charge in [0.1, 0.15) is 0 Å². The Morgan fingerprint density at radius 1 is 1.09 bits per heavy atom. The van der Waals surface area contributed by atoms with Gasteiger partial charge in [-0.05, 0) is 30.2 Å². The Kier molecular flexibility index (Phi) is 3.91. The topological polar surface area (TPSA) is 87.1 Å². The van der Waals surface area contributed by atoms with Crippen LogP contribution in [-0.4, -0.2) is 16.8 Å². The van der Waals surface area contributed by atoms with Crippen molar-refractivity contribution < 1.29 is 14.0 Å². The second kappa shape index (κ2) is 6.17. The van der Waals surface area contributed by atoms with Crippen molar-refractivity contribution in [2.45, 2.75) is 12.8 Å². The van der Waals surface area contributed by atoms with Crippen LogP contribution in [0, 0.1) is 0 Å². The fourth-order valence-electron chi connectivity index (χ4n) is 2.24. The maximum atomic E-state index is 11.8. The van der Waals surface area contributed by atoms with Crippen molar-refractivity contribution >= 4 is 22.7 Å². The summed E-state index contributed by atoms with van der Waals surface area (Å²) in [6.07, 6.45) is 4.17. The number of nitrogens with one attached hydrogen (secondary N) is 3. The number of amides is 2. The summed E-state index contributed by atoms with van der Waals surface area (Å²) in [4.78, 5) is 26.5. The van der Waals surface area contributed by atoms with Crippen molar-refractivity contribution in [2.24, 2.45) is 0 Å². The summed E-state index contributed by atoms with van der Waals surface area (Å²) in [7, 11) is 0. The second-order valence-electron chi connectivity index (χ2n) is 4.84. The van der Waals surface area contributed by atoms with Gasteiger partial charge in [-0.1, -0.05) is 18.2 Å². The first-order chi connectivity index (χ1) is 10.7. The second-order valence-corrected chi connectivity index (χ2v) is 4.84. The SMILES string of the molecule is O=C(CCc1c[nH]c2ccccc12)NNC(=O)c1ccco1. The van der Waals surface area contributed by atoms with E-state index in [0.29, 0.717) is 6.42 Å². The fraction of sp³-hybridized carbons (Fsp3) is 0.125. The lowest BCUT2D eigenvalue weighted by Gasteiger charge is -2.05. The summed E-state index contributed by atoms with van der Waals surface area (Å²) in [5, 5.41) is 1.11. The van der Waals surface area contributed by atoms with Gasteiger partial charge in [0.25, 0.3) is 0 Å². The molecule has 0 aliphatic rings. The van der Waals surface area contributed by atoms with Gasteiger partial charge >= 0.3 is 5.91 Å². The van der Waals surface area contributed by atoms with E-state index in [4.69, 9.17) is 4.42 Å². The first kappa shape index (κ1) is 13.9. The number of hydrogen-bond donors (Lipinski definition) is 3. The minimum Gasteiger partial charge on any atom is -0.459 e. The zero-order chi connectivity index (χ0) is 15.4. The summed E-state index contributed by atoms with van der Waals surface area (Å²) in [5.41, 5.74) is 6.80. The number of hydrazine groups is 1. The van der Waals surface area contributed by atoms with E-state index in [1.165, 1.54) is 12.3 Å². The van der Waals surface area contributed by atoms with Crippen molar-refractivity contribution in [3.8, 4) is 0 Å². The van der Waals surface area contributed by atoms with Gasteiger partial charge in [-0.25, -0.2) is 0 Å². The molecule has 6 heteroatoms. The zero-order valence-electron chi connectivity index (χ0n) is 11.8. The highest BCUT2D eigenvalue weighted by Gasteiger charge is 2.10. The van der Waals surface area contributed by atoms with Crippen LogP contribution in [0.15, 0.2) is 53.3 Å². The lowest BCUT2D eigenvalue weighted by atomic mass is 10.1. The Balaban J connectivity index is 1.51. The molecule has 3 rings (SSSR count). The van der Waals surface area contributed by atoms with E-state index in [9.17, 15) is 9.59 Å². The number of aromatic nitrogens is 1. The molecule has 2 heterocycles. The van der Waals surface area contributed by atoms with E-state index in [-0.39, 0.29) is 18.1 Å². The molecule has 0 bridgehead atoms. The third kappa shape index (κ3) is 3.01. The Bertz CT molecular complexity index is 790. The highest BCUT2D eigenvalue weighted by Crippen LogP contribution is 2.18. The smallest absolute Gasteiger partial charge is 0.305 e. The number of aryl methyl sites for hydroxylation is 1. The first-order valence-electron chi connectivity index (χ1n) is 6.92. The maximum Gasteiger partial charge on any atom is 0.305 e. The number of aromatic amines is 1. The van der Waals surface area contributed by atoms with Gasteiger partial charge in [0, 0.05) is 23.5 Å². The van der Waals surface area contributed by atoms with Crippen LogP contribution in [0.25, 0.3) is 10.9 Å². The Hall–Kier alpha value is -3.02. The van der Waals surface area contributed by atoms with E-state index in [0.717, 1.165) is 16.5 Å². The molecule has 6 nitrogen and oxygen atoms in total. The highest BCUT2D eigenvalue weighted by atomic mass is 16.3. The van der Waals surface area contributed by atoms with Crippen LogP contribution in [0.5, 0.6) is 0 Å². The highest BCUT2D eigenvalue weighted by molar-refractivity contribution is 5.93. The van der Waals surface area contributed by atoms with Gasteiger partial charge in [-0.2, -0.15) is 0 Å². The van der Waals surface area contributed by atoms with Gasteiger partial charge in [0.2, 0.25) is 5.91 Å². The predicted molar refractivity (Wildman–Crippen MR) is 80.9 cm³/mol. The Morgan fingerprint density at radius 2 is 1.95 bits per heavy atom. The molecule has 0 fully saturated rings. The van der Waals surface area contributed by atoms with Crippen LogP contribution in [0.4, 0.5) is 0 Å². The molecule has 22 heavy (non-hydrogen) atoms. The van der Waals surface area contributed by atoms with Crippen LogP contribution >= 0.6 is 0 Å². The first-order valence-corrected chi connectivity index (χ1v) is 6.92. The lowest BCUT2D eigenvalue weighted by Crippen LogP contribution is -2.41. The van der Waals surface area contributed by atoms with Crippen molar-refractivity contribution in [3.05, 3.63) is 60.2 Å². The van der Waals surface area contributed by atoms with Gasteiger partial charge in [-0.3, -0.25) is 20.4 Å². The quantitative estimate of drug-likeness (QED) is 0.645. The van der Waals surface area contributed by atoms with E-state index in [1.54, 1.807) is 6.07 Å². The van der Waals surface area contributed by atoms with Crippen molar-refractivity contribution in [2.75, 3.05) is 0 Å². The fourth-order valence-corrected chi connectivity index (χ4v) is 2.24. The number of H-pyrrole nitrogens is 1. The number of fused-ring (bicyclic) bond motifs is 1. The van der Waals surface area contributed by atoms with E-state index >= 15 is 0 Å². The summed E-state index contributed by atoms with van der Waals surface area (Å²) >= 11 is 0. The summed E-state index contributed by atoms with van der Waals surface area (Å²) in [6, 6.07) is 11.0. The predicted octanol–water partition coefficient (Wildman–Crippen LogP) is 2.15. The van der Waals surface area contributed by atoms with Crippen molar-refractivity contribution in [3.63, 3.8) is 0 Å². The molecule has 1 aromatic carbocycles. The molecule has 0 aliphatic heterocycles. The van der Waals surface area contributed by atoms with Crippen molar-refractivity contribution in [1.82, 2.24) is 15.8 Å². The Morgan fingerprint density at radius 3 is 2.77 bits per heavy atom. The minimum absolute atomic E-state index is 0.150. The standard InChI is InChI=1S/C16H15N3O3/c20-15(18-19-16(21)14-6-3-9-22-14)8-7-11-10-17-13-5-2-1-4-12(11)13/h1-6,9-10,17H,7-8H2,(H,18,20)(H,19,21). The molecule has 0 radical (unpaired) electrons. The van der Waals surface area contributed by atoms with Crippen LogP contribution in [0.1, 0.15) is 22.5 Å². The molecular weight excluding hydrogens is 282 g/mol. The molecule has 3 N–H and O–H groups in total. The average Bonchev–Trinajstić information content (AvgIpc) is 3.20. The third-order valence-corrected chi connectivity index (χ3v) is 3.36. The largest absolute Gasteiger partial charge is 0.459 e. The minimum atomic E-state index is -0.481. The third-order valence-electron chi connectivity index (χ3n) is 3.36. The maximum absolute atomic E-state index is 11.8. The molecule has 3 aromatic rings. The van der Waals surface area contributed by atoms with Gasteiger partial charge in [0.05, 0.1) is 6.26 Å². The van der Waals surface area contributed by atoms with Gasteiger partial charge in [0.15, 0.2) is 5.76 Å². The number of carbonyl (C=O) groups excluding carboxylic acids is 2. The summed E-state index contributed by atoms with van der Waals surface area (Å²) in [6.45, 7) is 0. The van der Waals surface area contributed by atoms with Gasteiger partial charge < -0.3 is 9.40 Å². The number of hydrogen-bond acceptors (Lipinski definition) is 3. The molecular formula is C16H15N3O3. The number of furan rings is 1. The molecule has 0 unspecified atom stereocenters. The molecule has 2 amide bonds. The molecule has 0 atom stereocenters. The van der Waals surface area contributed by atoms with Gasteiger partial charge in [-0.15, -0.1) is 0 Å². The number of benzene rings is 1. The average molecular weight is 297 g/mol. The Labute approximate surface area is 126 Å². The number of rotatable bonds is 4. The molecule has 0 aliphatic carbocycles. The zero-order valence-corrected chi connectivity index (χ0v) is 11.8. The van der Waals surface area contributed by atoms with E-state index in [2.05, 4.69) is 15.8 Å². The van der Waals surface area contributed by atoms with Crippen LogP contribution in [-0.2, 0) is 11.2 Å². The van der Waals surface area contributed by atoms with Crippen LogP contribution < -0.4 is 10.9 Å². The molecule has 112 valence electrons. The normalized spacial score (nSPS) is 10.5. The molecule has 0 spiro atoms. The monoisotopic (exact) mass is 297 g/mol. The molecule has 0 saturated carbocycles.